The highest BCUT2D eigenvalue weighted by Gasteiger charge is 2.27. The van der Waals surface area contributed by atoms with Crippen LogP contribution in [0.2, 0.25) is 0 Å². The Hall–Kier alpha value is -2.46. The van der Waals surface area contributed by atoms with Gasteiger partial charge in [0.25, 0.3) is 0 Å². The van der Waals surface area contributed by atoms with E-state index in [1.165, 1.54) is 4.31 Å². The maximum Gasteiger partial charge on any atom is 0.243 e. The lowest BCUT2D eigenvalue weighted by molar-refractivity contribution is -0.133. The van der Waals surface area contributed by atoms with Crippen LogP contribution < -0.4 is 5.32 Å². The standard InChI is InChI=1S/C23H34N4O5S/c1-19(28)25-14-8-20(9-15-25)18-23(30)26-12-5-13-27(16-10-22(29)24-11-17-26)33(31,32)21-6-3-2-4-7-21/h2-4,6-7,20H,5,8-18H2,1H3,(H,24,29). The first-order chi connectivity index (χ1) is 15.8. The molecular formula is C23H34N4O5S. The molecule has 2 aliphatic heterocycles. The van der Waals surface area contributed by atoms with E-state index in [2.05, 4.69) is 5.32 Å². The predicted molar refractivity (Wildman–Crippen MR) is 124 cm³/mol. The number of carbonyl (C=O) groups is 3. The van der Waals surface area contributed by atoms with Crippen molar-refractivity contribution in [2.45, 2.75) is 43.9 Å². The van der Waals surface area contributed by atoms with Crippen LogP contribution >= 0.6 is 0 Å². The average molecular weight is 479 g/mol. The first kappa shape index (κ1) is 25.2. The van der Waals surface area contributed by atoms with Crippen LogP contribution in [0.4, 0.5) is 0 Å². The number of amides is 3. The van der Waals surface area contributed by atoms with Crippen molar-refractivity contribution in [2.75, 3.05) is 45.8 Å². The Labute approximate surface area is 196 Å². The lowest BCUT2D eigenvalue weighted by Crippen LogP contribution is -2.42. The Morgan fingerprint density at radius 1 is 0.970 bits per heavy atom. The summed E-state index contributed by atoms with van der Waals surface area (Å²) in [5.74, 6) is 0.0879. The lowest BCUT2D eigenvalue weighted by atomic mass is 9.93. The summed E-state index contributed by atoms with van der Waals surface area (Å²) in [5, 5.41) is 2.80. The zero-order valence-electron chi connectivity index (χ0n) is 19.2. The van der Waals surface area contributed by atoms with E-state index in [1.807, 2.05) is 4.90 Å². The van der Waals surface area contributed by atoms with Gasteiger partial charge in [0.15, 0.2) is 0 Å². The smallest absolute Gasteiger partial charge is 0.243 e. The number of nitrogens with one attached hydrogen (secondary N) is 1. The van der Waals surface area contributed by atoms with Gasteiger partial charge >= 0.3 is 0 Å². The van der Waals surface area contributed by atoms with Crippen molar-refractivity contribution < 1.29 is 22.8 Å². The van der Waals surface area contributed by atoms with Crippen molar-refractivity contribution >= 4 is 27.7 Å². The quantitative estimate of drug-likeness (QED) is 0.697. The second kappa shape index (κ2) is 11.6. The molecular weight excluding hydrogens is 444 g/mol. The fraction of sp³-hybridized carbons (Fsp3) is 0.609. The Balaban J connectivity index is 1.62. The van der Waals surface area contributed by atoms with Crippen LogP contribution in [0.15, 0.2) is 35.2 Å². The van der Waals surface area contributed by atoms with Crippen LogP contribution in [-0.2, 0) is 24.4 Å². The van der Waals surface area contributed by atoms with Gasteiger partial charge in [-0.25, -0.2) is 8.42 Å². The number of carbonyl (C=O) groups excluding carboxylic acids is 3. The van der Waals surface area contributed by atoms with Gasteiger partial charge in [-0.1, -0.05) is 18.2 Å². The number of piperidine rings is 1. The summed E-state index contributed by atoms with van der Waals surface area (Å²) in [5.41, 5.74) is 0. The fourth-order valence-corrected chi connectivity index (χ4v) is 5.87. The largest absolute Gasteiger partial charge is 0.354 e. The lowest BCUT2D eigenvalue weighted by Gasteiger charge is -2.32. The molecule has 1 aromatic rings. The maximum absolute atomic E-state index is 13.1. The number of sulfonamides is 1. The number of hydrogen-bond donors (Lipinski definition) is 1. The van der Waals surface area contributed by atoms with Crippen molar-refractivity contribution in [1.29, 1.82) is 0 Å². The molecule has 0 atom stereocenters. The maximum atomic E-state index is 13.1. The minimum absolute atomic E-state index is 0.0160. The van der Waals surface area contributed by atoms with Crippen molar-refractivity contribution in [3.8, 4) is 0 Å². The molecule has 1 aromatic carbocycles. The molecule has 0 bridgehead atoms. The van der Waals surface area contributed by atoms with Gasteiger partial charge in [-0.3, -0.25) is 14.4 Å². The van der Waals surface area contributed by atoms with Gasteiger partial charge in [0.2, 0.25) is 27.7 Å². The van der Waals surface area contributed by atoms with Crippen molar-refractivity contribution in [3.63, 3.8) is 0 Å². The Morgan fingerprint density at radius 2 is 1.67 bits per heavy atom. The number of nitrogens with zero attached hydrogens (tertiary/aromatic N) is 3. The molecule has 0 spiro atoms. The third kappa shape index (κ3) is 7.01. The molecule has 9 nitrogen and oxygen atoms in total. The number of rotatable bonds is 4. The fourth-order valence-electron chi connectivity index (χ4n) is 4.37. The Kier molecular flexibility index (Phi) is 8.85. The summed E-state index contributed by atoms with van der Waals surface area (Å²) in [6.45, 7) is 4.45. The summed E-state index contributed by atoms with van der Waals surface area (Å²) in [6, 6.07) is 8.20. The summed E-state index contributed by atoms with van der Waals surface area (Å²) in [4.78, 5) is 40.5. The molecule has 2 saturated heterocycles. The number of likely N-dealkylation sites (tertiary alicyclic amines) is 1. The van der Waals surface area contributed by atoms with E-state index in [4.69, 9.17) is 0 Å². The minimum atomic E-state index is -3.72. The van der Waals surface area contributed by atoms with E-state index in [-0.39, 0.29) is 48.0 Å². The topological polar surface area (TPSA) is 107 Å². The van der Waals surface area contributed by atoms with Crippen LogP contribution in [0, 0.1) is 5.92 Å². The molecule has 33 heavy (non-hydrogen) atoms. The Bertz CT molecular complexity index is 929. The first-order valence-corrected chi connectivity index (χ1v) is 13.1. The minimum Gasteiger partial charge on any atom is -0.354 e. The molecule has 0 aromatic heterocycles. The zero-order valence-corrected chi connectivity index (χ0v) is 20.1. The molecule has 2 aliphatic rings. The Morgan fingerprint density at radius 3 is 2.33 bits per heavy atom. The van der Waals surface area contributed by atoms with Gasteiger partial charge < -0.3 is 15.1 Å². The highest BCUT2D eigenvalue weighted by molar-refractivity contribution is 7.89. The van der Waals surface area contributed by atoms with E-state index < -0.39 is 10.0 Å². The van der Waals surface area contributed by atoms with Gasteiger partial charge in [-0.15, -0.1) is 0 Å². The molecule has 182 valence electrons. The summed E-state index contributed by atoms with van der Waals surface area (Å²) in [6.07, 6.45) is 2.59. The summed E-state index contributed by atoms with van der Waals surface area (Å²) >= 11 is 0. The second-order valence-electron chi connectivity index (χ2n) is 8.70. The van der Waals surface area contributed by atoms with Gasteiger partial charge in [0.05, 0.1) is 4.90 Å². The van der Waals surface area contributed by atoms with E-state index in [0.717, 1.165) is 12.8 Å². The molecule has 2 heterocycles. The number of hydrogen-bond acceptors (Lipinski definition) is 5. The third-order valence-electron chi connectivity index (χ3n) is 6.38. The molecule has 0 aliphatic carbocycles. The second-order valence-corrected chi connectivity index (χ2v) is 10.6. The van der Waals surface area contributed by atoms with Gasteiger partial charge in [0, 0.05) is 65.6 Å². The molecule has 3 amide bonds. The van der Waals surface area contributed by atoms with E-state index in [0.29, 0.717) is 45.6 Å². The van der Waals surface area contributed by atoms with Crippen molar-refractivity contribution in [1.82, 2.24) is 19.4 Å². The van der Waals surface area contributed by atoms with Crippen LogP contribution in [0.1, 0.15) is 39.0 Å². The van der Waals surface area contributed by atoms with E-state index in [1.54, 1.807) is 42.2 Å². The van der Waals surface area contributed by atoms with Gasteiger partial charge in [0.1, 0.15) is 0 Å². The highest BCUT2D eigenvalue weighted by atomic mass is 32.2. The molecule has 0 radical (unpaired) electrons. The molecule has 10 heteroatoms. The highest BCUT2D eigenvalue weighted by Crippen LogP contribution is 2.22. The van der Waals surface area contributed by atoms with Crippen LogP contribution in [0.25, 0.3) is 0 Å². The summed E-state index contributed by atoms with van der Waals surface area (Å²) in [7, 11) is -3.72. The van der Waals surface area contributed by atoms with Crippen LogP contribution in [-0.4, -0.2) is 86.1 Å². The van der Waals surface area contributed by atoms with Crippen LogP contribution in [0.3, 0.4) is 0 Å². The van der Waals surface area contributed by atoms with Crippen molar-refractivity contribution in [3.05, 3.63) is 30.3 Å². The monoisotopic (exact) mass is 478 g/mol. The zero-order chi connectivity index (χ0) is 23.8. The average Bonchev–Trinajstić information content (AvgIpc) is 2.84. The van der Waals surface area contributed by atoms with E-state index in [9.17, 15) is 22.8 Å². The molecule has 0 unspecified atom stereocenters. The summed E-state index contributed by atoms with van der Waals surface area (Å²) < 4.78 is 27.5. The normalized spacial score (nSPS) is 20.1. The molecule has 0 saturated carbocycles. The number of benzene rings is 1. The van der Waals surface area contributed by atoms with Crippen LogP contribution in [0.5, 0.6) is 0 Å². The van der Waals surface area contributed by atoms with E-state index >= 15 is 0 Å². The predicted octanol–water partition coefficient (Wildman–Crippen LogP) is 1.06. The molecule has 2 fully saturated rings. The molecule has 3 rings (SSSR count). The molecule has 1 N–H and O–H groups in total. The van der Waals surface area contributed by atoms with Gasteiger partial charge in [-0.05, 0) is 37.3 Å². The van der Waals surface area contributed by atoms with Gasteiger partial charge in [-0.2, -0.15) is 4.31 Å². The SMILES string of the molecule is CC(=O)N1CCC(CC(=O)N2CCCN(S(=O)(=O)c3ccccc3)CCC(=O)NCC2)CC1. The first-order valence-electron chi connectivity index (χ1n) is 11.6. The third-order valence-corrected chi connectivity index (χ3v) is 8.30. The van der Waals surface area contributed by atoms with Crippen molar-refractivity contribution in [2.24, 2.45) is 5.92 Å².